The van der Waals surface area contributed by atoms with E-state index in [0.29, 0.717) is 27.5 Å². The summed E-state index contributed by atoms with van der Waals surface area (Å²) in [6.45, 7) is 4.37. The van der Waals surface area contributed by atoms with Gasteiger partial charge in [-0.15, -0.1) is 0 Å². The molecule has 3 aromatic carbocycles. The van der Waals surface area contributed by atoms with Crippen molar-refractivity contribution in [1.29, 1.82) is 0 Å². The van der Waals surface area contributed by atoms with E-state index < -0.39 is 0 Å². The van der Waals surface area contributed by atoms with Crippen molar-refractivity contribution in [3.63, 3.8) is 0 Å². The molecule has 1 heterocycles. The summed E-state index contributed by atoms with van der Waals surface area (Å²) in [6, 6.07) is 20.4. The molecule has 0 fully saturated rings. The van der Waals surface area contributed by atoms with Crippen molar-refractivity contribution in [2.24, 2.45) is 0 Å². The van der Waals surface area contributed by atoms with Gasteiger partial charge in [0.25, 0.3) is 0 Å². The minimum Gasteiger partial charge on any atom is -0.488 e. The van der Waals surface area contributed by atoms with Crippen LogP contribution in [0.2, 0.25) is 5.02 Å². The van der Waals surface area contributed by atoms with Gasteiger partial charge in [0.15, 0.2) is 5.76 Å². The molecule has 4 aromatic rings. The topological polar surface area (TPSA) is 48.7 Å². The van der Waals surface area contributed by atoms with Crippen molar-refractivity contribution in [2.75, 3.05) is 13.2 Å². The summed E-state index contributed by atoms with van der Waals surface area (Å²) in [4.78, 5) is 13.3. The summed E-state index contributed by atoms with van der Waals surface area (Å²) < 4.78 is 17.7. The Kier molecular flexibility index (Phi) is 5.77. The molecular formula is C25H21ClO4. The molecule has 0 atom stereocenters. The largest absolute Gasteiger partial charge is 0.488 e. The van der Waals surface area contributed by atoms with Crippen molar-refractivity contribution >= 4 is 22.6 Å². The minimum absolute atomic E-state index is 0.173. The molecule has 0 aliphatic carbocycles. The molecule has 0 amide bonds. The van der Waals surface area contributed by atoms with E-state index in [-0.39, 0.29) is 24.4 Å². The maximum Gasteiger partial charge on any atom is 0.235 e. The van der Waals surface area contributed by atoms with Crippen LogP contribution in [0.5, 0.6) is 11.5 Å². The number of hydrogen-bond acceptors (Lipinski definition) is 4. The normalized spacial score (nSPS) is 10.9. The van der Waals surface area contributed by atoms with Crippen LogP contribution in [0.15, 0.2) is 75.9 Å². The smallest absolute Gasteiger partial charge is 0.235 e. The predicted molar refractivity (Wildman–Crippen MR) is 120 cm³/mol. The fraction of sp³-hybridized carbons (Fsp3) is 0.160. The Hall–Kier alpha value is -3.24. The lowest BCUT2D eigenvalue weighted by Crippen LogP contribution is -2.15. The van der Waals surface area contributed by atoms with Crippen LogP contribution in [-0.4, -0.2) is 13.2 Å². The standard InChI is InChI=1S/C25H21ClO4/c1-16-14-19-22(15-17(16)2)30-24(18-8-4-3-5-9-18)25(23(19)27)29-13-12-28-21-11-7-6-10-20(21)26/h3-11,14-15H,12-13H2,1-2H3. The molecule has 30 heavy (non-hydrogen) atoms. The van der Waals surface area contributed by atoms with E-state index in [0.717, 1.165) is 16.7 Å². The molecule has 0 saturated heterocycles. The molecule has 0 aliphatic rings. The Bertz CT molecular complexity index is 1250. The van der Waals surface area contributed by atoms with Crippen molar-refractivity contribution in [2.45, 2.75) is 13.8 Å². The Balaban J connectivity index is 1.68. The zero-order chi connectivity index (χ0) is 21.1. The summed E-state index contributed by atoms with van der Waals surface area (Å²) in [7, 11) is 0. The van der Waals surface area contributed by atoms with Gasteiger partial charge in [0.05, 0.1) is 10.4 Å². The van der Waals surface area contributed by atoms with Gasteiger partial charge in [-0.25, -0.2) is 0 Å². The Morgan fingerprint density at radius 2 is 1.53 bits per heavy atom. The second kappa shape index (κ2) is 8.64. The zero-order valence-corrected chi connectivity index (χ0v) is 17.5. The molecule has 0 radical (unpaired) electrons. The molecular weight excluding hydrogens is 400 g/mol. The number of para-hydroxylation sites is 1. The number of hydrogen-bond donors (Lipinski definition) is 0. The lowest BCUT2D eigenvalue weighted by molar-refractivity contribution is 0.214. The number of aryl methyl sites for hydroxylation is 2. The summed E-state index contributed by atoms with van der Waals surface area (Å²) in [5, 5.41) is 1.03. The second-order valence-electron chi connectivity index (χ2n) is 7.02. The van der Waals surface area contributed by atoms with Gasteiger partial charge < -0.3 is 13.9 Å². The number of rotatable bonds is 6. The Labute approximate surface area is 179 Å². The first-order chi connectivity index (χ1) is 14.5. The summed E-state index contributed by atoms with van der Waals surface area (Å²) in [5.41, 5.74) is 3.20. The monoisotopic (exact) mass is 420 g/mol. The predicted octanol–water partition coefficient (Wildman–Crippen LogP) is 6.19. The average Bonchev–Trinajstić information content (AvgIpc) is 2.75. The third kappa shape index (κ3) is 4.05. The lowest BCUT2D eigenvalue weighted by Gasteiger charge is -2.13. The van der Waals surface area contributed by atoms with Crippen LogP contribution < -0.4 is 14.9 Å². The third-order valence-corrected chi connectivity index (χ3v) is 5.24. The van der Waals surface area contributed by atoms with Gasteiger partial charge in [-0.1, -0.05) is 54.1 Å². The van der Waals surface area contributed by atoms with Gasteiger partial charge in [-0.2, -0.15) is 0 Å². The number of ether oxygens (including phenoxy) is 2. The maximum absolute atomic E-state index is 13.3. The van der Waals surface area contributed by atoms with Gasteiger partial charge >= 0.3 is 0 Å². The first-order valence-electron chi connectivity index (χ1n) is 9.68. The van der Waals surface area contributed by atoms with Crippen molar-refractivity contribution in [3.8, 4) is 22.8 Å². The summed E-state index contributed by atoms with van der Waals surface area (Å²) in [5.74, 6) is 1.16. The van der Waals surface area contributed by atoms with Gasteiger partial charge in [0, 0.05) is 5.56 Å². The van der Waals surface area contributed by atoms with Crippen LogP contribution in [0.25, 0.3) is 22.3 Å². The van der Waals surface area contributed by atoms with E-state index >= 15 is 0 Å². The molecule has 0 unspecified atom stereocenters. The van der Waals surface area contributed by atoms with E-state index in [1.165, 1.54) is 0 Å². The maximum atomic E-state index is 13.3. The molecule has 0 bridgehead atoms. The van der Waals surface area contributed by atoms with Crippen LogP contribution in [0.4, 0.5) is 0 Å². The molecule has 0 N–H and O–H groups in total. The van der Waals surface area contributed by atoms with Crippen LogP contribution in [0.1, 0.15) is 11.1 Å². The molecule has 0 aliphatic heterocycles. The van der Waals surface area contributed by atoms with Gasteiger partial charge in [-0.3, -0.25) is 4.79 Å². The summed E-state index contributed by atoms with van der Waals surface area (Å²) in [6.07, 6.45) is 0. The van der Waals surface area contributed by atoms with Gasteiger partial charge in [0.1, 0.15) is 24.5 Å². The highest BCUT2D eigenvalue weighted by atomic mass is 35.5. The average molecular weight is 421 g/mol. The van der Waals surface area contributed by atoms with Crippen LogP contribution >= 0.6 is 11.6 Å². The van der Waals surface area contributed by atoms with Crippen molar-refractivity contribution in [3.05, 3.63) is 93.1 Å². The fourth-order valence-corrected chi connectivity index (χ4v) is 3.39. The van der Waals surface area contributed by atoms with E-state index in [1.807, 2.05) is 68.4 Å². The number of benzene rings is 3. The van der Waals surface area contributed by atoms with Crippen LogP contribution in [0.3, 0.4) is 0 Å². The number of fused-ring (bicyclic) bond motifs is 1. The first kappa shape index (κ1) is 20.0. The minimum atomic E-state index is -0.198. The highest BCUT2D eigenvalue weighted by Gasteiger charge is 2.18. The SMILES string of the molecule is Cc1cc2oc(-c3ccccc3)c(OCCOc3ccccc3Cl)c(=O)c2cc1C. The molecule has 1 aromatic heterocycles. The number of halogens is 1. The molecule has 4 nitrogen and oxygen atoms in total. The molecule has 4 rings (SSSR count). The molecule has 0 spiro atoms. The summed E-state index contributed by atoms with van der Waals surface area (Å²) >= 11 is 6.11. The van der Waals surface area contributed by atoms with E-state index in [9.17, 15) is 4.79 Å². The van der Waals surface area contributed by atoms with Crippen molar-refractivity contribution < 1.29 is 13.9 Å². The Morgan fingerprint density at radius 1 is 0.867 bits per heavy atom. The molecule has 152 valence electrons. The van der Waals surface area contributed by atoms with E-state index in [2.05, 4.69) is 0 Å². The van der Waals surface area contributed by atoms with Crippen LogP contribution in [-0.2, 0) is 0 Å². The first-order valence-corrected chi connectivity index (χ1v) is 10.1. The van der Waals surface area contributed by atoms with Gasteiger partial charge in [0.2, 0.25) is 11.2 Å². The quantitative estimate of drug-likeness (QED) is 0.349. The third-order valence-electron chi connectivity index (χ3n) is 4.92. The van der Waals surface area contributed by atoms with Gasteiger partial charge in [-0.05, 0) is 49.2 Å². The lowest BCUT2D eigenvalue weighted by atomic mass is 10.0. The van der Waals surface area contributed by atoms with Crippen molar-refractivity contribution in [1.82, 2.24) is 0 Å². The highest BCUT2D eigenvalue weighted by molar-refractivity contribution is 6.32. The Morgan fingerprint density at radius 3 is 2.30 bits per heavy atom. The molecule has 5 heteroatoms. The zero-order valence-electron chi connectivity index (χ0n) is 16.8. The second-order valence-corrected chi connectivity index (χ2v) is 7.42. The molecule has 0 saturated carbocycles. The van der Waals surface area contributed by atoms with Crippen LogP contribution in [0, 0.1) is 13.8 Å². The van der Waals surface area contributed by atoms with E-state index in [1.54, 1.807) is 12.1 Å². The van der Waals surface area contributed by atoms with E-state index in [4.69, 9.17) is 25.5 Å². The fourth-order valence-electron chi connectivity index (χ4n) is 3.20. The highest BCUT2D eigenvalue weighted by Crippen LogP contribution is 2.32.